The molecule has 164 valence electrons. The SMILES string of the molecule is CCOc1ccc(C2NNC3c4cc5c(cc4N(Cc4ccccc4)CC23)OCO5)cc1. The van der Waals surface area contributed by atoms with Gasteiger partial charge in [-0.3, -0.25) is 0 Å². The van der Waals surface area contributed by atoms with Crippen molar-refractivity contribution in [3.8, 4) is 17.2 Å². The number of anilines is 1. The van der Waals surface area contributed by atoms with Crippen LogP contribution >= 0.6 is 0 Å². The lowest BCUT2D eigenvalue weighted by molar-refractivity contribution is 0.174. The van der Waals surface area contributed by atoms with Crippen LogP contribution in [0.15, 0.2) is 66.7 Å². The third-order valence-corrected chi connectivity index (χ3v) is 6.65. The minimum absolute atomic E-state index is 0.197. The Morgan fingerprint density at radius 1 is 0.938 bits per heavy atom. The molecule has 3 aromatic carbocycles. The number of hydrazine groups is 1. The molecule has 0 aliphatic carbocycles. The highest BCUT2D eigenvalue weighted by Gasteiger charge is 2.44. The molecule has 2 N–H and O–H groups in total. The fourth-order valence-corrected chi connectivity index (χ4v) is 5.15. The highest BCUT2D eigenvalue weighted by Crippen LogP contribution is 2.49. The Morgan fingerprint density at radius 2 is 1.69 bits per heavy atom. The average molecular weight is 430 g/mol. The summed E-state index contributed by atoms with van der Waals surface area (Å²) in [6.07, 6.45) is 0. The van der Waals surface area contributed by atoms with Crippen LogP contribution in [0.2, 0.25) is 0 Å². The van der Waals surface area contributed by atoms with E-state index < -0.39 is 0 Å². The lowest BCUT2D eigenvalue weighted by Gasteiger charge is -2.39. The minimum Gasteiger partial charge on any atom is -0.494 e. The van der Waals surface area contributed by atoms with Crippen molar-refractivity contribution in [3.63, 3.8) is 0 Å². The lowest BCUT2D eigenvalue weighted by Crippen LogP contribution is -2.39. The summed E-state index contributed by atoms with van der Waals surface area (Å²) in [7, 11) is 0. The molecule has 0 spiro atoms. The van der Waals surface area contributed by atoms with Crippen LogP contribution in [0.25, 0.3) is 0 Å². The molecule has 0 radical (unpaired) electrons. The topological polar surface area (TPSA) is 55.0 Å². The Labute approximate surface area is 188 Å². The molecule has 6 rings (SSSR count). The molecule has 0 aromatic heterocycles. The molecule has 3 heterocycles. The summed E-state index contributed by atoms with van der Waals surface area (Å²) in [5, 5.41) is 0. The van der Waals surface area contributed by atoms with E-state index in [1.807, 2.05) is 6.92 Å². The predicted octanol–water partition coefficient (Wildman–Crippen LogP) is 4.34. The van der Waals surface area contributed by atoms with E-state index in [2.05, 4.69) is 82.5 Å². The van der Waals surface area contributed by atoms with Gasteiger partial charge >= 0.3 is 0 Å². The standard InChI is InChI=1S/C26H27N3O3/c1-2-30-19-10-8-18(9-11-19)25-21-15-29(14-17-6-4-3-5-7-17)22-13-24-23(31-16-32-24)12-20(22)26(21)28-27-25/h3-13,21,25-28H,2,14-16H2,1H3. The fourth-order valence-electron chi connectivity index (χ4n) is 5.15. The maximum absolute atomic E-state index is 5.71. The van der Waals surface area contributed by atoms with E-state index in [9.17, 15) is 0 Å². The highest BCUT2D eigenvalue weighted by molar-refractivity contribution is 5.66. The average Bonchev–Trinajstić information content (AvgIpc) is 3.46. The van der Waals surface area contributed by atoms with Crippen molar-refractivity contribution in [3.05, 3.63) is 83.4 Å². The van der Waals surface area contributed by atoms with E-state index in [4.69, 9.17) is 14.2 Å². The first-order chi connectivity index (χ1) is 15.8. The Kier molecular flexibility index (Phi) is 4.89. The number of nitrogens with one attached hydrogen (secondary N) is 2. The Bertz CT molecular complexity index is 1100. The van der Waals surface area contributed by atoms with Crippen molar-refractivity contribution >= 4 is 5.69 Å². The quantitative estimate of drug-likeness (QED) is 0.629. The van der Waals surface area contributed by atoms with Gasteiger partial charge in [0.15, 0.2) is 11.5 Å². The van der Waals surface area contributed by atoms with Crippen LogP contribution < -0.4 is 30.0 Å². The van der Waals surface area contributed by atoms with Gasteiger partial charge in [0.2, 0.25) is 6.79 Å². The molecular weight excluding hydrogens is 402 g/mol. The molecular formula is C26H27N3O3. The third kappa shape index (κ3) is 3.36. The van der Waals surface area contributed by atoms with E-state index in [0.29, 0.717) is 12.5 Å². The maximum Gasteiger partial charge on any atom is 0.231 e. The Morgan fingerprint density at radius 3 is 2.47 bits per heavy atom. The second-order valence-corrected chi connectivity index (χ2v) is 8.54. The monoisotopic (exact) mass is 429 g/mol. The van der Waals surface area contributed by atoms with E-state index in [1.54, 1.807) is 0 Å². The molecule has 32 heavy (non-hydrogen) atoms. The molecule has 3 aliphatic rings. The van der Waals surface area contributed by atoms with Crippen molar-refractivity contribution in [2.24, 2.45) is 5.92 Å². The summed E-state index contributed by atoms with van der Waals surface area (Å²) in [5.41, 5.74) is 12.2. The van der Waals surface area contributed by atoms with Crippen LogP contribution in [-0.4, -0.2) is 19.9 Å². The molecule has 0 saturated carbocycles. The van der Waals surface area contributed by atoms with Crippen LogP contribution in [0, 0.1) is 5.92 Å². The van der Waals surface area contributed by atoms with Crippen molar-refractivity contribution in [2.75, 3.05) is 24.8 Å². The summed E-state index contributed by atoms with van der Waals surface area (Å²) in [6.45, 7) is 4.75. The van der Waals surface area contributed by atoms with Crippen molar-refractivity contribution < 1.29 is 14.2 Å². The zero-order chi connectivity index (χ0) is 21.5. The van der Waals surface area contributed by atoms with E-state index in [0.717, 1.165) is 30.3 Å². The zero-order valence-corrected chi connectivity index (χ0v) is 18.1. The van der Waals surface area contributed by atoms with Crippen LogP contribution in [-0.2, 0) is 6.54 Å². The second kappa shape index (κ2) is 8.04. The summed E-state index contributed by atoms with van der Waals surface area (Å²) in [6, 6.07) is 23.8. The number of rotatable bonds is 5. The van der Waals surface area contributed by atoms with Gasteiger partial charge in [0.05, 0.1) is 18.7 Å². The van der Waals surface area contributed by atoms with Gasteiger partial charge in [-0.05, 0) is 41.8 Å². The summed E-state index contributed by atoms with van der Waals surface area (Å²) in [5.74, 6) is 2.93. The fraction of sp³-hybridized carbons (Fsp3) is 0.308. The lowest BCUT2D eigenvalue weighted by atomic mass is 9.81. The molecule has 3 aromatic rings. The van der Waals surface area contributed by atoms with Gasteiger partial charge in [-0.15, -0.1) is 0 Å². The van der Waals surface area contributed by atoms with Crippen LogP contribution in [0.1, 0.15) is 35.7 Å². The van der Waals surface area contributed by atoms with Crippen LogP contribution in [0.3, 0.4) is 0 Å². The van der Waals surface area contributed by atoms with Crippen molar-refractivity contribution in [1.29, 1.82) is 0 Å². The summed E-state index contributed by atoms with van der Waals surface area (Å²) in [4.78, 5) is 2.48. The van der Waals surface area contributed by atoms with E-state index in [-0.39, 0.29) is 18.9 Å². The van der Waals surface area contributed by atoms with Gasteiger partial charge in [0, 0.05) is 30.8 Å². The Hall–Kier alpha value is -3.22. The molecule has 0 amide bonds. The van der Waals surface area contributed by atoms with Gasteiger partial charge in [-0.1, -0.05) is 42.5 Å². The smallest absolute Gasteiger partial charge is 0.231 e. The molecule has 3 atom stereocenters. The molecule has 6 nitrogen and oxygen atoms in total. The number of benzene rings is 3. The van der Waals surface area contributed by atoms with Gasteiger partial charge in [-0.25, -0.2) is 10.9 Å². The molecule has 6 heteroatoms. The molecule has 1 fully saturated rings. The Balaban J connectivity index is 1.36. The highest BCUT2D eigenvalue weighted by atomic mass is 16.7. The van der Waals surface area contributed by atoms with Crippen molar-refractivity contribution in [1.82, 2.24) is 10.9 Å². The largest absolute Gasteiger partial charge is 0.494 e. The van der Waals surface area contributed by atoms with Gasteiger partial charge in [0.25, 0.3) is 0 Å². The number of nitrogens with zero attached hydrogens (tertiary/aromatic N) is 1. The third-order valence-electron chi connectivity index (χ3n) is 6.65. The van der Waals surface area contributed by atoms with E-state index in [1.165, 1.54) is 22.4 Å². The van der Waals surface area contributed by atoms with Gasteiger partial charge in [0.1, 0.15) is 5.75 Å². The zero-order valence-electron chi connectivity index (χ0n) is 18.1. The van der Waals surface area contributed by atoms with E-state index >= 15 is 0 Å². The molecule has 1 saturated heterocycles. The number of hydrogen-bond acceptors (Lipinski definition) is 6. The summed E-state index contributed by atoms with van der Waals surface area (Å²) < 4.78 is 17.0. The minimum atomic E-state index is 0.197. The molecule has 3 aliphatic heterocycles. The number of fused-ring (bicyclic) bond motifs is 4. The van der Waals surface area contributed by atoms with Crippen LogP contribution in [0.4, 0.5) is 5.69 Å². The maximum atomic E-state index is 5.71. The number of ether oxygens (including phenoxy) is 3. The van der Waals surface area contributed by atoms with Crippen molar-refractivity contribution in [2.45, 2.75) is 25.6 Å². The predicted molar refractivity (Wildman–Crippen MR) is 123 cm³/mol. The van der Waals surface area contributed by atoms with Crippen LogP contribution in [0.5, 0.6) is 17.2 Å². The first-order valence-electron chi connectivity index (χ1n) is 11.3. The number of hydrogen-bond donors (Lipinski definition) is 2. The first kappa shape index (κ1) is 19.5. The normalized spacial score (nSPS) is 23.0. The second-order valence-electron chi connectivity index (χ2n) is 8.54. The molecule has 3 unspecified atom stereocenters. The summed E-state index contributed by atoms with van der Waals surface area (Å²) >= 11 is 0. The molecule has 0 bridgehead atoms. The van der Waals surface area contributed by atoms with Gasteiger partial charge in [-0.2, -0.15) is 0 Å². The van der Waals surface area contributed by atoms with Gasteiger partial charge < -0.3 is 19.1 Å². The first-order valence-corrected chi connectivity index (χ1v) is 11.3.